The molecule has 4 fully saturated rings. The van der Waals surface area contributed by atoms with E-state index >= 15 is 0 Å². The van der Waals surface area contributed by atoms with E-state index in [1.54, 1.807) is 0 Å². The predicted molar refractivity (Wildman–Crippen MR) is 105 cm³/mol. The Labute approximate surface area is 155 Å². The van der Waals surface area contributed by atoms with Crippen molar-refractivity contribution in [3.63, 3.8) is 0 Å². The molecule has 0 aromatic carbocycles. The van der Waals surface area contributed by atoms with E-state index in [4.69, 9.17) is 0 Å². The summed E-state index contributed by atoms with van der Waals surface area (Å²) in [7, 11) is 0. The van der Waals surface area contributed by atoms with Crippen LogP contribution in [0, 0.1) is 11.3 Å². The number of piperazine rings is 1. The van der Waals surface area contributed by atoms with Crippen molar-refractivity contribution in [2.45, 2.75) is 65.1 Å². The minimum Gasteiger partial charge on any atom is -0.300 e. The Bertz CT molecular complexity index is 439. The van der Waals surface area contributed by atoms with Crippen LogP contribution in [0.5, 0.6) is 0 Å². The Balaban J connectivity index is 1.13. The minimum absolute atomic E-state index is 0.714. The van der Waals surface area contributed by atoms with E-state index < -0.39 is 0 Å². The first-order valence-electron chi connectivity index (χ1n) is 10.9. The fourth-order valence-electron chi connectivity index (χ4n) is 5.48. The van der Waals surface area contributed by atoms with E-state index in [9.17, 15) is 0 Å². The van der Waals surface area contributed by atoms with Crippen molar-refractivity contribution in [3.05, 3.63) is 0 Å². The molecule has 3 heterocycles. The van der Waals surface area contributed by atoms with Gasteiger partial charge in [0, 0.05) is 77.0 Å². The van der Waals surface area contributed by atoms with E-state index in [1.807, 2.05) is 0 Å². The summed E-state index contributed by atoms with van der Waals surface area (Å²) in [6.45, 7) is 21.3. The van der Waals surface area contributed by atoms with Gasteiger partial charge >= 0.3 is 0 Å². The largest absolute Gasteiger partial charge is 0.300 e. The highest BCUT2D eigenvalue weighted by molar-refractivity contribution is 5.02. The fourth-order valence-corrected chi connectivity index (χ4v) is 5.48. The molecule has 1 aliphatic carbocycles. The van der Waals surface area contributed by atoms with Gasteiger partial charge in [0.15, 0.2) is 0 Å². The molecule has 0 spiro atoms. The molecule has 1 saturated carbocycles. The second-order valence-corrected chi connectivity index (χ2v) is 10.2. The van der Waals surface area contributed by atoms with Gasteiger partial charge in [0.05, 0.1) is 0 Å². The Morgan fingerprint density at radius 3 is 1.92 bits per heavy atom. The Hall–Kier alpha value is -0.160. The molecule has 4 heteroatoms. The highest BCUT2D eigenvalue weighted by Gasteiger charge is 2.48. The third-order valence-electron chi connectivity index (χ3n) is 7.30. The lowest BCUT2D eigenvalue weighted by molar-refractivity contribution is -0.0659. The van der Waals surface area contributed by atoms with E-state index in [0.29, 0.717) is 11.5 Å². The topological polar surface area (TPSA) is 13.0 Å². The lowest BCUT2D eigenvalue weighted by atomic mass is 9.91. The van der Waals surface area contributed by atoms with Gasteiger partial charge in [0.1, 0.15) is 0 Å². The van der Waals surface area contributed by atoms with Crippen LogP contribution in [-0.2, 0) is 0 Å². The maximum atomic E-state index is 2.76. The molecule has 0 aromatic heterocycles. The van der Waals surface area contributed by atoms with Gasteiger partial charge < -0.3 is 0 Å². The molecular weight excluding hydrogens is 308 g/mol. The number of likely N-dealkylation sites (tertiary alicyclic amines) is 2. The van der Waals surface area contributed by atoms with Crippen LogP contribution in [0.4, 0.5) is 0 Å². The molecule has 0 bridgehead atoms. The molecule has 3 saturated heterocycles. The van der Waals surface area contributed by atoms with Gasteiger partial charge in [-0.1, -0.05) is 13.8 Å². The van der Waals surface area contributed by atoms with Gasteiger partial charge in [-0.05, 0) is 44.4 Å². The van der Waals surface area contributed by atoms with Crippen LogP contribution >= 0.6 is 0 Å². The highest BCUT2D eigenvalue weighted by atomic mass is 15.4. The van der Waals surface area contributed by atoms with E-state index in [0.717, 1.165) is 18.0 Å². The van der Waals surface area contributed by atoms with Crippen LogP contribution in [0.15, 0.2) is 0 Å². The monoisotopic (exact) mass is 348 g/mol. The van der Waals surface area contributed by atoms with Gasteiger partial charge in [-0.25, -0.2) is 0 Å². The molecule has 4 aliphatic rings. The second-order valence-electron chi connectivity index (χ2n) is 10.2. The number of rotatable bonds is 7. The number of nitrogens with zero attached hydrogens (tertiary/aromatic N) is 4. The summed E-state index contributed by atoms with van der Waals surface area (Å²) in [5.41, 5.74) is 0.715. The van der Waals surface area contributed by atoms with Crippen LogP contribution in [-0.4, -0.2) is 96.6 Å². The van der Waals surface area contributed by atoms with Gasteiger partial charge in [-0.15, -0.1) is 0 Å². The standard InChI is InChI=1S/C21H40N4/c1-17(2)11-21(5-6-21)16-22-12-19(13-22)25-14-20(15-25)24-9-7-23(8-10-24)18(3)4/h17-20H,5-16H2,1-4H3. The molecule has 0 radical (unpaired) electrons. The van der Waals surface area contributed by atoms with Crippen molar-refractivity contribution in [1.82, 2.24) is 19.6 Å². The third kappa shape index (κ3) is 4.07. The molecule has 25 heavy (non-hydrogen) atoms. The predicted octanol–water partition coefficient (Wildman–Crippen LogP) is 2.21. The summed E-state index contributed by atoms with van der Waals surface area (Å²) >= 11 is 0. The number of hydrogen-bond donors (Lipinski definition) is 0. The van der Waals surface area contributed by atoms with Crippen molar-refractivity contribution in [3.8, 4) is 0 Å². The molecule has 0 amide bonds. The zero-order valence-corrected chi connectivity index (χ0v) is 17.1. The third-order valence-corrected chi connectivity index (χ3v) is 7.30. The molecule has 144 valence electrons. The van der Waals surface area contributed by atoms with Crippen molar-refractivity contribution in [2.24, 2.45) is 11.3 Å². The first-order chi connectivity index (χ1) is 11.9. The Kier molecular flexibility index (Phi) is 5.18. The van der Waals surface area contributed by atoms with Crippen LogP contribution in [0.1, 0.15) is 47.0 Å². The Morgan fingerprint density at radius 1 is 0.800 bits per heavy atom. The summed E-state index contributed by atoms with van der Waals surface area (Å²) in [6, 6.07) is 2.42. The SMILES string of the molecule is CC(C)CC1(CN2CC(N3CC(N4CCN(C(C)C)CC4)C3)C2)CC1. The summed E-state index contributed by atoms with van der Waals surface area (Å²) in [4.78, 5) is 10.9. The second kappa shape index (κ2) is 7.10. The van der Waals surface area contributed by atoms with Gasteiger partial charge in [0.2, 0.25) is 0 Å². The van der Waals surface area contributed by atoms with Crippen LogP contribution in [0.3, 0.4) is 0 Å². The molecule has 4 nitrogen and oxygen atoms in total. The lowest BCUT2D eigenvalue weighted by Gasteiger charge is -2.55. The average molecular weight is 349 g/mol. The zero-order valence-electron chi connectivity index (χ0n) is 17.1. The molecule has 4 rings (SSSR count). The van der Waals surface area contributed by atoms with Gasteiger partial charge in [-0.2, -0.15) is 0 Å². The highest BCUT2D eigenvalue weighted by Crippen LogP contribution is 2.51. The lowest BCUT2D eigenvalue weighted by Crippen LogP contribution is -2.71. The first-order valence-corrected chi connectivity index (χ1v) is 10.9. The van der Waals surface area contributed by atoms with Gasteiger partial charge in [0.25, 0.3) is 0 Å². The van der Waals surface area contributed by atoms with Crippen LogP contribution in [0.25, 0.3) is 0 Å². The summed E-state index contributed by atoms with van der Waals surface area (Å²) < 4.78 is 0. The van der Waals surface area contributed by atoms with Crippen molar-refractivity contribution >= 4 is 0 Å². The normalized spacial score (nSPS) is 30.0. The van der Waals surface area contributed by atoms with Crippen molar-refractivity contribution in [2.75, 3.05) is 58.9 Å². The van der Waals surface area contributed by atoms with Crippen LogP contribution in [0.2, 0.25) is 0 Å². The average Bonchev–Trinajstić information content (AvgIpc) is 3.22. The fraction of sp³-hybridized carbons (Fsp3) is 1.00. The summed E-state index contributed by atoms with van der Waals surface area (Å²) in [5.74, 6) is 0.867. The minimum atomic E-state index is 0.714. The maximum Gasteiger partial charge on any atom is 0.0351 e. The van der Waals surface area contributed by atoms with Crippen molar-refractivity contribution < 1.29 is 0 Å². The molecule has 0 N–H and O–H groups in total. The van der Waals surface area contributed by atoms with E-state index in [2.05, 4.69) is 47.3 Å². The number of hydrogen-bond acceptors (Lipinski definition) is 4. The summed E-state index contributed by atoms with van der Waals surface area (Å²) in [6.07, 6.45) is 4.42. The van der Waals surface area contributed by atoms with Crippen LogP contribution < -0.4 is 0 Å². The molecule has 0 aromatic rings. The van der Waals surface area contributed by atoms with Gasteiger partial charge in [-0.3, -0.25) is 19.6 Å². The van der Waals surface area contributed by atoms with E-state index in [-0.39, 0.29) is 0 Å². The zero-order chi connectivity index (χ0) is 17.6. The Morgan fingerprint density at radius 2 is 1.40 bits per heavy atom. The molecular formula is C21H40N4. The molecule has 0 atom stereocenters. The van der Waals surface area contributed by atoms with E-state index in [1.165, 1.54) is 78.2 Å². The molecule has 3 aliphatic heterocycles. The maximum absolute atomic E-state index is 2.76. The quantitative estimate of drug-likeness (QED) is 0.699. The first kappa shape index (κ1) is 18.2. The van der Waals surface area contributed by atoms with Crippen molar-refractivity contribution in [1.29, 1.82) is 0 Å². The molecule has 0 unspecified atom stereocenters. The summed E-state index contributed by atoms with van der Waals surface area (Å²) in [5, 5.41) is 0. The smallest absolute Gasteiger partial charge is 0.0351 e.